The summed E-state index contributed by atoms with van der Waals surface area (Å²) in [5.74, 6) is 0.0365. The van der Waals surface area contributed by atoms with Gasteiger partial charge in [-0.3, -0.25) is 10.1 Å². The van der Waals surface area contributed by atoms with Crippen molar-refractivity contribution in [2.24, 2.45) is 0 Å². The summed E-state index contributed by atoms with van der Waals surface area (Å²) in [6.45, 7) is 6.49. The number of ether oxygens (including phenoxy) is 1. The molecule has 33 heavy (non-hydrogen) atoms. The molecule has 0 saturated carbocycles. The molecule has 0 unspecified atom stereocenters. The van der Waals surface area contributed by atoms with Crippen LogP contribution in [0.25, 0.3) is 10.9 Å². The quantitative estimate of drug-likeness (QED) is 0.609. The average Bonchev–Trinajstić information content (AvgIpc) is 3.21. The number of carbonyl (C=O) groups excluding carboxylic acids is 2. The van der Waals surface area contributed by atoms with Gasteiger partial charge in [0.25, 0.3) is 5.91 Å². The maximum absolute atomic E-state index is 13.3. The second kappa shape index (κ2) is 9.01. The van der Waals surface area contributed by atoms with Crippen LogP contribution in [0.5, 0.6) is 0 Å². The molecule has 8 nitrogen and oxygen atoms in total. The van der Waals surface area contributed by atoms with Crippen LogP contribution in [-0.4, -0.2) is 51.6 Å². The van der Waals surface area contributed by atoms with Gasteiger partial charge < -0.3 is 15.0 Å². The van der Waals surface area contributed by atoms with Crippen LogP contribution >= 0.6 is 0 Å². The molecule has 2 aromatic carbocycles. The molecule has 1 aliphatic rings. The Morgan fingerprint density at radius 3 is 2.64 bits per heavy atom. The lowest BCUT2D eigenvalue weighted by atomic mass is 10.2. The van der Waals surface area contributed by atoms with Gasteiger partial charge in [0.2, 0.25) is 5.95 Å². The molecule has 172 valence electrons. The molecule has 1 aliphatic heterocycles. The number of hydrogen-bond acceptors (Lipinski definition) is 6. The van der Waals surface area contributed by atoms with E-state index in [0.717, 1.165) is 6.42 Å². The third-order valence-corrected chi connectivity index (χ3v) is 5.13. The molecule has 1 aromatic heterocycles. The zero-order valence-corrected chi connectivity index (χ0v) is 18.8. The topological polar surface area (TPSA) is 96.5 Å². The fourth-order valence-corrected chi connectivity index (χ4v) is 3.62. The number of likely N-dealkylation sites (tertiary alicyclic amines) is 1. The summed E-state index contributed by atoms with van der Waals surface area (Å²) < 4.78 is 18.6. The molecule has 2 N–H and O–H groups in total. The maximum atomic E-state index is 13.3. The molecular weight excluding hydrogens is 425 g/mol. The Morgan fingerprint density at radius 1 is 1.15 bits per heavy atom. The number of amides is 2. The molecular formula is C24H26FN5O3. The number of anilines is 2. The third-order valence-electron chi connectivity index (χ3n) is 5.13. The summed E-state index contributed by atoms with van der Waals surface area (Å²) in [4.78, 5) is 35.2. The number of fused-ring (bicyclic) bond motifs is 1. The second-order valence-electron chi connectivity index (χ2n) is 8.98. The van der Waals surface area contributed by atoms with Crippen LogP contribution in [0.4, 0.5) is 20.8 Å². The van der Waals surface area contributed by atoms with Crippen molar-refractivity contribution in [2.45, 2.75) is 38.8 Å². The lowest BCUT2D eigenvalue weighted by molar-refractivity contribution is 0.0635. The van der Waals surface area contributed by atoms with E-state index in [0.29, 0.717) is 41.2 Å². The number of nitrogens with one attached hydrogen (secondary N) is 2. The van der Waals surface area contributed by atoms with Crippen molar-refractivity contribution in [2.75, 3.05) is 23.7 Å². The monoisotopic (exact) mass is 451 g/mol. The van der Waals surface area contributed by atoms with Crippen LogP contribution in [0.2, 0.25) is 0 Å². The van der Waals surface area contributed by atoms with Crippen molar-refractivity contribution < 1.29 is 18.7 Å². The van der Waals surface area contributed by atoms with E-state index in [9.17, 15) is 14.0 Å². The van der Waals surface area contributed by atoms with E-state index in [-0.39, 0.29) is 17.8 Å². The largest absolute Gasteiger partial charge is 0.444 e. The zero-order chi connectivity index (χ0) is 23.6. The molecule has 1 atom stereocenters. The van der Waals surface area contributed by atoms with Gasteiger partial charge in [-0.2, -0.15) is 0 Å². The summed E-state index contributed by atoms with van der Waals surface area (Å²) >= 11 is 0. The highest BCUT2D eigenvalue weighted by molar-refractivity contribution is 5.95. The number of carbonyl (C=O) groups is 2. The van der Waals surface area contributed by atoms with Gasteiger partial charge in [0.1, 0.15) is 11.4 Å². The summed E-state index contributed by atoms with van der Waals surface area (Å²) in [5, 5.41) is 6.55. The first-order valence-electron chi connectivity index (χ1n) is 10.7. The number of hydrogen-bond donors (Lipinski definition) is 2. The maximum Gasteiger partial charge on any atom is 0.412 e. The number of nitrogens with zero attached hydrogens (tertiary/aromatic N) is 3. The Morgan fingerprint density at radius 2 is 1.91 bits per heavy atom. The Bertz CT molecular complexity index is 1180. The van der Waals surface area contributed by atoms with E-state index in [1.807, 2.05) is 0 Å². The minimum Gasteiger partial charge on any atom is -0.444 e. The zero-order valence-electron chi connectivity index (χ0n) is 18.8. The van der Waals surface area contributed by atoms with Crippen molar-refractivity contribution in [3.63, 3.8) is 0 Å². The summed E-state index contributed by atoms with van der Waals surface area (Å²) in [5.41, 5.74) is 1.15. The molecule has 4 rings (SSSR count). The first kappa shape index (κ1) is 22.4. The second-order valence-corrected chi connectivity index (χ2v) is 8.98. The summed E-state index contributed by atoms with van der Waals surface area (Å²) in [7, 11) is 0. The van der Waals surface area contributed by atoms with Gasteiger partial charge in [0, 0.05) is 42.0 Å². The first-order valence-corrected chi connectivity index (χ1v) is 10.7. The van der Waals surface area contributed by atoms with Gasteiger partial charge in [-0.05, 0) is 69.7 Å². The van der Waals surface area contributed by atoms with Crippen LogP contribution in [0.1, 0.15) is 37.6 Å². The van der Waals surface area contributed by atoms with Crippen LogP contribution in [0.3, 0.4) is 0 Å². The van der Waals surface area contributed by atoms with Crippen molar-refractivity contribution in [3.05, 3.63) is 60.0 Å². The molecule has 9 heteroatoms. The molecule has 0 spiro atoms. The molecule has 0 aliphatic carbocycles. The highest BCUT2D eigenvalue weighted by Gasteiger charge is 2.27. The Hall–Kier alpha value is -3.75. The molecule has 0 bridgehead atoms. The first-order chi connectivity index (χ1) is 15.7. The van der Waals surface area contributed by atoms with Gasteiger partial charge in [-0.1, -0.05) is 0 Å². The predicted molar refractivity (Wildman–Crippen MR) is 124 cm³/mol. The van der Waals surface area contributed by atoms with E-state index in [1.54, 1.807) is 62.2 Å². The molecule has 1 fully saturated rings. The summed E-state index contributed by atoms with van der Waals surface area (Å²) in [6.07, 6.45) is 1.80. The third kappa shape index (κ3) is 5.74. The molecule has 3 aromatic rings. The standard InChI is InChI=1S/C24H26FN5O3/c1-24(2,3)33-23(32)28-18-7-4-15(5-8-18)21(31)30-11-10-19(14-30)27-22-26-13-16-12-17(25)6-9-20(16)29-22/h4-9,12-13,19H,10-11,14H2,1-3H3,(H,28,32)(H,26,27,29)/t19-/m1/s1. The van der Waals surface area contributed by atoms with Crippen LogP contribution in [0, 0.1) is 5.82 Å². The normalized spacial score (nSPS) is 16.0. The van der Waals surface area contributed by atoms with Crippen molar-refractivity contribution in [1.29, 1.82) is 0 Å². The lowest BCUT2D eigenvalue weighted by Gasteiger charge is -2.20. The minimum atomic E-state index is -0.587. The van der Waals surface area contributed by atoms with Gasteiger partial charge in [0.05, 0.1) is 5.52 Å². The molecule has 2 amide bonds. The van der Waals surface area contributed by atoms with Crippen LogP contribution in [-0.2, 0) is 4.74 Å². The van der Waals surface area contributed by atoms with E-state index in [4.69, 9.17) is 4.74 Å². The number of halogens is 1. The van der Waals surface area contributed by atoms with Gasteiger partial charge in [-0.25, -0.2) is 19.2 Å². The molecule has 0 radical (unpaired) electrons. The molecule has 1 saturated heterocycles. The SMILES string of the molecule is CC(C)(C)OC(=O)Nc1ccc(C(=O)N2CC[C@@H](Nc3ncc4cc(F)ccc4n3)C2)cc1. The van der Waals surface area contributed by atoms with Gasteiger partial charge in [0.15, 0.2) is 0 Å². The number of rotatable bonds is 4. The van der Waals surface area contributed by atoms with Crippen molar-refractivity contribution in [3.8, 4) is 0 Å². The van der Waals surface area contributed by atoms with Crippen molar-refractivity contribution >= 4 is 34.5 Å². The van der Waals surface area contributed by atoms with E-state index in [1.165, 1.54) is 12.1 Å². The predicted octanol–water partition coefficient (Wildman–Crippen LogP) is 4.44. The minimum absolute atomic E-state index is 0.0138. The Labute approximate surface area is 191 Å². The highest BCUT2D eigenvalue weighted by Crippen LogP contribution is 2.20. The lowest BCUT2D eigenvalue weighted by Crippen LogP contribution is -2.31. The smallest absolute Gasteiger partial charge is 0.412 e. The Kier molecular flexibility index (Phi) is 6.13. The van der Waals surface area contributed by atoms with E-state index < -0.39 is 11.7 Å². The Balaban J connectivity index is 1.33. The van der Waals surface area contributed by atoms with Crippen molar-refractivity contribution in [1.82, 2.24) is 14.9 Å². The van der Waals surface area contributed by atoms with Gasteiger partial charge in [-0.15, -0.1) is 0 Å². The highest BCUT2D eigenvalue weighted by atomic mass is 19.1. The van der Waals surface area contributed by atoms with Crippen LogP contribution in [0.15, 0.2) is 48.7 Å². The number of benzene rings is 2. The fourth-order valence-electron chi connectivity index (χ4n) is 3.62. The fraction of sp³-hybridized carbons (Fsp3) is 0.333. The van der Waals surface area contributed by atoms with E-state index >= 15 is 0 Å². The number of aromatic nitrogens is 2. The molecule has 2 heterocycles. The van der Waals surface area contributed by atoms with Crippen LogP contribution < -0.4 is 10.6 Å². The summed E-state index contributed by atoms with van der Waals surface area (Å²) in [6, 6.07) is 11.1. The van der Waals surface area contributed by atoms with E-state index in [2.05, 4.69) is 20.6 Å². The average molecular weight is 452 g/mol. The van der Waals surface area contributed by atoms with Gasteiger partial charge >= 0.3 is 6.09 Å².